The summed E-state index contributed by atoms with van der Waals surface area (Å²) in [5.41, 5.74) is 2.82. The average molecular weight is 413 g/mol. The molecule has 5 nitrogen and oxygen atoms in total. The van der Waals surface area contributed by atoms with Crippen LogP contribution >= 0.6 is 12.2 Å². The van der Waals surface area contributed by atoms with Gasteiger partial charge in [0.05, 0.1) is 7.11 Å². The Bertz CT molecular complexity index is 859. The van der Waals surface area contributed by atoms with E-state index in [4.69, 9.17) is 21.7 Å². The number of benzene rings is 2. The quantitative estimate of drug-likeness (QED) is 0.712. The molecule has 29 heavy (non-hydrogen) atoms. The predicted molar refractivity (Wildman–Crippen MR) is 120 cm³/mol. The van der Waals surface area contributed by atoms with Crippen molar-refractivity contribution in [3.05, 3.63) is 53.6 Å². The normalized spacial score (nSPS) is 14.4. The van der Waals surface area contributed by atoms with E-state index in [1.54, 1.807) is 7.11 Å². The fraction of sp³-hybridized carbons (Fsp3) is 0.391. The van der Waals surface area contributed by atoms with Crippen LogP contribution in [0.2, 0.25) is 0 Å². The first-order chi connectivity index (χ1) is 14.0. The lowest BCUT2D eigenvalue weighted by atomic mass is 9.99. The number of piperidine rings is 1. The standard InChI is InChI=1S/C23H28N2O3S/c1-16-4-7-19(8-5-16)24-22(26)15-28-20-9-6-18(14-21(20)27-3)23(29)25-12-10-17(2)11-13-25/h4-9,14,17H,10-13,15H2,1-3H3,(H,24,26). The smallest absolute Gasteiger partial charge is 0.262 e. The Morgan fingerprint density at radius 1 is 1.14 bits per heavy atom. The maximum Gasteiger partial charge on any atom is 0.262 e. The molecule has 0 radical (unpaired) electrons. The number of nitrogens with one attached hydrogen (secondary N) is 1. The van der Waals surface area contributed by atoms with Crippen LogP contribution < -0.4 is 14.8 Å². The van der Waals surface area contributed by atoms with Crippen molar-refractivity contribution in [1.29, 1.82) is 0 Å². The third-order valence-electron chi connectivity index (χ3n) is 5.18. The summed E-state index contributed by atoms with van der Waals surface area (Å²) in [7, 11) is 1.59. The lowest BCUT2D eigenvalue weighted by molar-refractivity contribution is -0.118. The Balaban J connectivity index is 1.60. The number of hydrogen-bond donors (Lipinski definition) is 1. The van der Waals surface area contributed by atoms with E-state index in [1.165, 1.54) is 0 Å². The maximum absolute atomic E-state index is 12.2. The van der Waals surface area contributed by atoms with Crippen molar-refractivity contribution in [2.24, 2.45) is 5.92 Å². The number of methoxy groups -OCH3 is 1. The fourth-order valence-electron chi connectivity index (χ4n) is 3.29. The second-order valence-electron chi connectivity index (χ2n) is 7.54. The molecule has 1 N–H and O–H groups in total. The van der Waals surface area contributed by atoms with E-state index in [1.807, 2.05) is 49.4 Å². The van der Waals surface area contributed by atoms with Crippen LogP contribution in [-0.4, -0.2) is 42.6 Å². The summed E-state index contributed by atoms with van der Waals surface area (Å²) in [6.45, 7) is 6.16. The highest BCUT2D eigenvalue weighted by Crippen LogP contribution is 2.29. The molecule has 1 heterocycles. The van der Waals surface area contributed by atoms with Gasteiger partial charge in [0.25, 0.3) is 5.91 Å². The zero-order valence-corrected chi connectivity index (χ0v) is 18.1. The van der Waals surface area contributed by atoms with Crippen molar-refractivity contribution >= 4 is 28.8 Å². The Morgan fingerprint density at radius 2 is 1.83 bits per heavy atom. The van der Waals surface area contributed by atoms with Crippen molar-refractivity contribution in [3.63, 3.8) is 0 Å². The number of ether oxygens (including phenoxy) is 2. The Kier molecular flexibility index (Phi) is 7.09. The molecule has 2 aromatic carbocycles. The van der Waals surface area contributed by atoms with E-state index in [-0.39, 0.29) is 12.5 Å². The molecule has 0 aromatic heterocycles. The summed E-state index contributed by atoms with van der Waals surface area (Å²) < 4.78 is 11.2. The number of nitrogens with zero attached hydrogens (tertiary/aromatic N) is 1. The minimum Gasteiger partial charge on any atom is -0.493 e. The van der Waals surface area contributed by atoms with Crippen molar-refractivity contribution in [2.75, 3.05) is 32.1 Å². The Labute approximate surface area is 178 Å². The fourth-order valence-corrected chi connectivity index (χ4v) is 3.60. The monoisotopic (exact) mass is 412 g/mol. The molecule has 154 valence electrons. The summed E-state index contributed by atoms with van der Waals surface area (Å²) in [6, 6.07) is 13.2. The van der Waals surface area contributed by atoms with Gasteiger partial charge in [-0.15, -0.1) is 0 Å². The van der Waals surface area contributed by atoms with Crippen molar-refractivity contribution in [1.82, 2.24) is 4.90 Å². The third-order valence-corrected chi connectivity index (χ3v) is 5.67. The Morgan fingerprint density at radius 3 is 2.48 bits per heavy atom. The minimum absolute atomic E-state index is 0.0992. The van der Waals surface area contributed by atoms with Gasteiger partial charge in [-0.2, -0.15) is 0 Å². The van der Waals surface area contributed by atoms with Gasteiger partial charge in [-0.3, -0.25) is 4.79 Å². The van der Waals surface area contributed by atoms with Gasteiger partial charge in [0.15, 0.2) is 18.1 Å². The summed E-state index contributed by atoms with van der Waals surface area (Å²) in [4.78, 5) is 15.3. The number of amides is 1. The van der Waals surface area contributed by atoms with Crippen LogP contribution in [0, 0.1) is 12.8 Å². The number of anilines is 1. The molecule has 0 bridgehead atoms. The highest BCUT2D eigenvalue weighted by molar-refractivity contribution is 7.80. The molecular formula is C23H28N2O3S. The molecule has 1 amide bonds. The van der Waals surface area contributed by atoms with E-state index in [9.17, 15) is 4.79 Å². The van der Waals surface area contributed by atoms with E-state index in [0.29, 0.717) is 11.5 Å². The molecule has 1 fully saturated rings. The van der Waals surface area contributed by atoms with Crippen LogP contribution in [0.1, 0.15) is 30.9 Å². The number of thiocarbonyl (C=S) groups is 1. The summed E-state index contributed by atoms with van der Waals surface area (Å²) in [6.07, 6.45) is 2.32. The maximum atomic E-state index is 12.2. The van der Waals surface area contributed by atoms with Gasteiger partial charge in [-0.05, 0) is 56.0 Å². The number of rotatable bonds is 6. The van der Waals surface area contributed by atoms with E-state index >= 15 is 0 Å². The summed E-state index contributed by atoms with van der Waals surface area (Å²) >= 11 is 5.68. The van der Waals surface area contributed by atoms with Gasteiger partial charge in [-0.1, -0.05) is 36.8 Å². The van der Waals surface area contributed by atoms with Crippen molar-refractivity contribution < 1.29 is 14.3 Å². The SMILES string of the molecule is COc1cc(C(=S)N2CCC(C)CC2)ccc1OCC(=O)Nc1ccc(C)cc1. The second kappa shape index (κ2) is 9.74. The van der Waals surface area contributed by atoms with Crippen LogP contribution in [0.4, 0.5) is 5.69 Å². The minimum atomic E-state index is -0.224. The zero-order valence-electron chi connectivity index (χ0n) is 17.2. The zero-order chi connectivity index (χ0) is 20.8. The van der Waals surface area contributed by atoms with Gasteiger partial charge in [0, 0.05) is 24.3 Å². The van der Waals surface area contributed by atoms with Gasteiger partial charge < -0.3 is 19.7 Å². The molecule has 0 saturated carbocycles. The van der Waals surface area contributed by atoms with Crippen LogP contribution in [0.5, 0.6) is 11.5 Å². The first-order valence-corrected chi connectivity index (χ1v) is 10.3. The molecule has 2 aromatic rings. The molecule has 1 saturated heterocycles. The largest absolute Gasteiger partial charge is 0.493 e. The van der Waals surface area contributed by atoms with E-state index in [0.717, 1.165) is 53.7 Å². The summed E-state index contributed by atoms with van der Waals surface area (Å²) in [5.74, 6) is 1.62. The molecule has 0 aliphatic carbocycles. The molecule has 0 atom stereocenters. The molecule has 0 unspecified atom stereocenters. The predicted octanol–water partition coefficient (Wildman–Crippen LogP) is 4.43. The van der Waals surface area contributed by atoms with Gasteiger partial charge in [-0.25, -0.2) is 0 Å². The number of hydrogen-bond acceptors (Lipinski definition) is 4. The number of carbonyl (C=O) groups is 1. The molecule has 0 spiro atoms. The van der Waals surface area contributed by atoms with Crippen LogP contribution in [-0.2, 0) is 4.79 Å². The van der Waals surface area contributed by atoms with Gasteiger partial charge in [0.1, 0.15) is 4.99 Å². The van der Waals surface area contributed by atoms with Gasteiger partial charge in [0.2, 0.25) is 0 Å². The van der Waals surface area contributed by atoms with Crippen LogP contribution in [0.3, 0.4) is 0 Å². The van der Waals surface area contributed by atoms with Crippen LogP contribution in [0.15, 0.2) is 42.5 Å². The van der Waals surface area contributed by atoms with Crippen molar-refractivity contribution in [3.8, 4) is 11.5 Å². The average Bonchev–Trinajstić information content (AvgIpc) is 2.74. The lowest BCUT2D eigenvalue weighted by Gasteiger charge is -2.32. The van der Waals surface area contributed by atoms with Crippen molar-refractivity contribution in [2.45, 2.75) is 26.7 Å². The summed E-state index contributed by atoms with van der Waals surface area (Å²) in [5, 5.41) is 2.82. The van der Waals surface area contributed by atoms with E-state index in [2.05, 4.69) is 17.1 Å². The van der Waals surface area contributed by atoms with Crippen LogP contribution in [0.25, 0.3) is 0 Å². The highest BCUT2D eigenvalue weighted by atomic mass is 32.1. The molecule has 1 aliphatic rings. The van der Waals surface area contributed by atoms with Gasteiger partial charge >= 0.3 is 0 Å². The van der Waals surface area contributed by atoms with E-state index < -0.39 is 0 Å². The third kappa shape index (κ3) is 5.70. The first-order valence-electron chi connectivity index (χ1n) is 9.93. The second-order valence-corrected chi connectivity index (χ2v) is 7.93. The number of aryl methyl sites for hydroxylation is 1. The topological polar surface area (TPSA) is 50.8 Å². The molecule has 6 heteroatoms. The Hall–Kier alpha value is -2.60. The molecular weight excluding hydrogens is 384 g/mol. The highest BCUT2D eigenvalue weighted by Gasteiger charge is 2.20. The molecule has 1 aliphatic heterocycles. The number of carbonyl (C=O) groups excluding carboxylic acids is 1. The number of likely N-dealkylation sites (tertiary alicyclic amines) is 1. The lowest BCUT2D eigenvalue weighted by Crippen LogP contribution is -2.37. The molecule has 3 rings (SSSR count). The first kappa shape index (κ1) is 21.1.